The molecule has 0 spiro atoms. The van der Waals surface area contributed by atoms with Crippen LogP contribution in [0, 0.1) is 0 Å². The minimum absolute atomic E-state index is 0.00933. The van der Waals surface area contributed by atoms with E-state index in [1.54, 1.807) is 18.4 Å². The van der Waals surface area contributed by atoms with E-state index in [1.807, 2.05) is 5.38 Å². The summed E-state index contributed by atoms with van der Waals surface area (Å²) in [5.41, 5.74) is 0.870. The van der Waals surface area contributed by atoms with Gasteiger partial charge in [-0.05, 0) is 25.9 Å². The predicted molar refractivity (Wildman–Crippen MR) is 75.2 cm³/mol. The molecule has 0 bridgehead atoms. The lowest BCUT2D eigenvalue weighted by molar-refractivity contribution is -0.120. The molecule has 0 unspecified atom stereocenters. The van der Waals surface area contributed by atoms with Gasteiger partial charge in [0, 0.05) is 19.0 Å². The maximum atomic E-state index is 11.6. The van der Waals surface area contributed by atoms with Crippen molar-refractivity contribution < 1.29 is 9.53 Å². The van der Waals surface area contributed by atoms with Gasteiger partial charge in [0.2, 0.25) is 5.91 Å². The summed E-state index contributed by atoms with van der Waals surface area (Å²) in [5, 5.41) is 5.90. The minimum Gasteiger partial charge on any atom is -0.383 e. The number of ether oxygens (including phenoxy) is 1. The molecule has 6 heteroatoms. The van der Waals surface area contributed by atoms with Crippen LogP contribution in [-0.2, 0) is 22.5 Å². The molecule has 2 rings (SSSR count). The van der Waals surface area contributed by atoms with Crippen LogP contribution in [0.5, 0.6) is 0 Å². The first-order valence-electron chi connectivity index (χ1n) is 6.69. The fraction of sp³-hybridized carbons (Fsp3) is 0.692. The van der Waals surface area contributed by atoms with Gasteiger partial charge in [0.15, 0.2) is 0 Å². The van der Waals surface area contributed by atoms with Crippen LogP contribution in [0.1, 0.15) is 23.5 Å². The van der Waals surface area contributed by atoms with Gasteiger partial charge in [-0.15, -0.1) is 11.3 Å². The van der Waals surface area contributed by atoms with Crippen molar-refractivity contribution in [1.82, 2.24) is 15.2 Å². The molecule has 1 aromatic rings. The fourth-order valence-corrected chi connectivity index (χ4v) is 2.99. The third kappa shape index (κ3) is 4.89. The Morgan fingerprint density at radius 1 is 1.53 bits per heavy atom. The number of nitrogens with one attached hydrogen (secondary N) is 1. The summed E-state index contributed by atoms with van der Waals surface area (Å²) in [7, 11) is 1.62. The Morgan fingerprint density at radius 2 is 2.32 bits per heavy atom. The molecule has 19 heavy (non-hydrogen) atoms. The zero-order chi connectivity index (χ0) is 13.5. The monoisotopic (exact) mass is 283 g/mol. The lowest BCUT2D eigenvalue weighted by atomic mass is 10.3. The summed E-state index contributed by atoms with van der Waals surface area (Å²) in [5.74, 6) is 0.00933. The van der Waals surface area contributed by atoms with E-state index in [9.17, 15) is 4.79 Å². The second kappa shape index (κ2) is 7.57. The van der Waals surface area contributed by atoms with E-state index in [2.05, 4.69) is 15.2 Å². The molecule has 1 fully saturated rings. The van der Waals surface area contributed by atoms with Crippen LogP contribution < -0.4 is 5.32 Å². The first kappa shape index (κ1) is 14.4. The molecule has 2 heterocycles. The van der Waals surface area contributed by atoms with E-state index in [0.29, 0.717) is 19.6 Å². The largest absolute Gasteiger partial charge is 0.383 e. The first-order valence-corrected chi connectivity index (χ1v) is 7.57. The lowest BCUT2D eigenvalue weighted by Gasteiger charge is -2.11. The van der Waals surface area contributed by atoms with E-state index in [4.69, 9.17) is 4.74 Å². The molecule has 1 N–H and O–H groups in total. The van der Waals surface area contributed by atoms with Gasteiger partial charge in [0.05, 0.1) is 25.3 Å². The van der Waals surface area contributed by atoms with Crippen LogP contribution >= 0.6 is 11.3 Å². The predicted octanol–water partition coefficient (Wildman–Crippen LogP) is 1.04. The van der Waals surface area contributed by atoms with Gasteiger partial charge in [-0.3, -0.25) is 9.69 Å². The van der Waals surface area contributed by atoms with Crippen LogP contribution in [0.4, 0.5) is 0 Å². The van der Waals surface area contributed by atoms with E-state index < -0.39 is 0 Å². The number of hydrogen-bond acceptors (Lipinski definition) is 5. The molecule has 1 aliphatic heterocycles. The summed E-state index contributed by atoms with van der Waals surface area (Å²) in [4.78, 5) is 18.6. The summed E-state index contributed by atoms with van der Waals surface area (Å²) in [6.07, 6.45) is 2.94. The van der Waals surface area contributed by atoms with Crippen molar-refractivity contribution in [3.8, 4) is 0 Å². The van der Waals surface area contributed by atoms with Crippen LogP contribution in [0.15, 0.2) is 5.38 Å². The van der Waals surface area contributed by atoms with Crippen molar-refractivity contribution in [2.24, 2.45) is 0 Å². The molecule has 0 atom stereocenters. The van der Waals surface area contributed by atoms with Crippen LogP contribution in [0.25, 0.3) is 0 Å². The minimum atomic E-state index is 0.00933. The SMILES string of the molecule is COCCNC(=O)Cc1csc(CN2CCCC2)n1. The summed E-state index contributed by atoms with van der Waals surface area (Å²) in [6.45, 7) is 4.37. The highest BCUT2D eigenvalue weighted by Crippen LogP contribution is 2.16. The van der Waals surface area contributed by atoms with Crippen molar-refractivity contribution in [3.05, 3.63) is 16.1 Å². The zero-order valence-electron chi connectivity index (χ0n) is 11.4. The average Bonchev–Trinajstić information content (AvgIpc) is 3.02. The Balaban J connectivity index is 1.75. The highest BCUT2D eigenvalue weighted by atomic mass is 32.1. The molecule has 0 saturated carbocycles. The number of thiazole rings is 1. The second-order valence-electron chi connectivity index (χ2n) is 4.74. The van der Waals surface area contributed by atoms with Gasteiger partial charge in [0.1, 0.15) is 5.01 Å². The van der Waals surface area contributed by atoms with Crippen molar-refractivity contribution in [2.45, 2.75) is 25.8 Å². The standard InChI is InChI=1S/C13H21N3O2S/c1-18-7-4-14-12(17)8-11-10-19-13(15-11)9-16-5-2-3-6-16/h10H,2-9H2,1H3,(H,14,17). The lowest BCUT2D eigenvalue weighted by Crippen LogP contribution is -2.28. The third-order valence-corrected chi connectivity index (χ3v) is 4.01. The quantitative estimate of drug-likeness (QED) is 0.760. The molecule has 1 aliphatic rings. The maximum absolute atomic E-state index is 11.6. The Bertz CT molecular complexity index is 402. The van der Waals surface area contributed by atoms with Gasteiger partial charge in [-0.1, -0.05) is 0 Å². The van der Waals surface area contributed by atoms with Gasteiger partial charge < -0.3 is 10.1 Å². The van der Waals surface area contributed by atoms with Crippen LogP contribution in [0.2, 0.25) is 0 Å². The molecule has 5 nitrogen and oxygen atoms in total. The topological polar surface area (TPSA) is 54.5 Å². The van der Waals surface area contributed by atoms with Gasteiger partial charge in [-0.25, -0.2) is 4.98 Å². The van der Waals surface area contributed by atoms with Crippen LogP contribution in [-0.4, -0.2) is 49.1 Å². The Kier molecular flexibility index (Phi) is 5.75. The highest BCUT2D eigenvalue weighted by molar-refractivity contribution is 7.09. The summed E-state index contributed by atoms with van der Waals surface area (Å²) < 4.78 is 4.89. The van der Waals surface area contributed by atoms with Gasteiger partial charge in [0.25, 0.3) is 0 Å². The van der Waals surface area contributed by atoms with E-state index in [1.165, 1.54) is 25.9 Å². The Labute approximate surface area is 118 Å². The van der Waals surface area contributed by atoms with Gasteiger partial charge >= 0.3 is 0 Å². The zero-order valence-corrected chi connectivity index (χ0v) is 12.2. The van der Waals surface area contributed by atoms with Crippen molar-refractivity contribution in [1.29, 1.82) is 0 Å². The third-order valence-electron chi connectivity index (χ3n) is 3.13. The molecule has 0 aromatic carbocycles. The van der Waals surface area contributed by atoms with Crippen molar-refractivity contribution >= 4 is 17.2 Å². The van der Waals surface area contributed by atoms with Crippen molar-refractivity contribution in [3.63, 3.8) is 0 Å². The maximum Gasteiger partial charge on any atom is 0.226 e. The molecular weight excluding hydrogens is 262 g/mol. The molecule has 0 aliphatic carbocycles. The molecule has 106 valence electrons. The first-order chi connectivity index (χ1) is 9.28. The van der Waals surface area contributed by atoms with Crippen LogP contribution in [0.3, 0.4) is 0 Å². The number of rotatable bonds is 7. The smallest absolute Gasteiger partial charge is 0.226 e. The molecular formula is C13H21N3O2S. The Morgan fingerprint density at radius 3 is 3.05 bits per heavy atom. The number of carbonyl (C=O) groups excluding carboxylic acids is 1. The summed E-state index contributed by atoms with van der Waals surface area (Å²) >= 11 is 1.65. The van der Waals surface area contributed by atoms with E-state index in [0.717, 1.165) is 17.2 Å². The number of hydrogen-bond donors (Lipinski definition) is 1. The molecule has 1 saturated heterocycles. The number of methoxy groups -OCH3 is 1. The highest BCUT2D eigenvalue weighted by Gasteiger charge is 2.14. The number of aromatic nitrogens is 1. The fourth-order valence-electron chi connectivity index (χ4n) is 2.15. The number of amides is 1. The van der Waals surface area contributed by atoms with Gasteiger partial charge in [-0.2, -0.15) is 0 Å². The Hall–Kier alpha value is -0.980. The average molecular weight is 283 g/mol. The molecule has 1 amide bonds. The molecule has 1 aromatic heterocycles. The van der Waals surface area contributed by atoms with E-state index in [-0.39, 0.29) is 5.91 Å². The molecule has 0 radical (unpaired) electrons. The van der Waals surface area contributed by atoms with Crippen molar-refractivity contribution in [2.75, 3.05) is 33.4 Å². The number of nitrogens with zero attached hydrogens (tertiary/aromatic N) is 2. The normalized spacial score (nSPS) is 15.8. The van der Waals surface area contributed by atoms with E-state index >= 15 is 0 Å². The summed E-state index contributed by atoms with van der Waals surface area (Å²) in [6, 6.07) is 0. The number of carbonyl (C=O) groups is 1. The number of likely N-dealkylation sites (tertiary alicyclic amines) is 1. The second-order valence-corrected chi connectivity index (χ2v) is 5.68.